The Morgan fingerprint density at radius 3 is 1.40 bits per heavy atom. The summed E-state index contributed by atoms with van der Waals surface area (Å²) in [6, 6.07) is 74.7. The van der Waals surface area contributed by atoms with Crippen LogP contribution in [-0.4, -0.2) is 15.8 Å². The average Bonchev–Trinajstić information content (AvgIpc) is 4.03. The number of aromatic nitrogens is 1. The number of aryl methyl sites for hydroxylation is 1. The number of hydrogen-bond acceptors (Lipinski definition) is 2. The number of hydrogen-bond donors (Lipinski definition) is 2. The Morgan fingerprint density at radius 2 is 0.903 bits per heavy atom. The third kappa shape index (κ3) is 7.47. The maximum atomic E-state index is 10.8. The van der Waals surface area contributed by atoms with Crippen LogP contribution in [0.2, 0.25) is 0 Å². The van der Waals surface area contributed by atoms with Gasteiger partial charge in [0.2, 0.25) is 0 Å². The molecule has 3 nitrogen and oxygen atoms in total. The van der Waals surface area contributed by atoms with E-state index >= 15 is 0 Å². The zero-order chi connectivity index (χ0) is 41.8. The van der Waals surface area contributed by atoms with Gasteiger partial charge < -0.3 is 10.1 Å². The van der Waals surface area contributed by atoms with Crippen LogP contribution in [0.5, 0.6) is 0 Å². The summed E-state index contributed by atoms with van der Waals surface area (Å²) in [5.41, 5.74) is 21.0. The van der Waals surface area contributed by atoms with Crippen molar-refractivity contribution in [2.24, 2.45) is 4.99 Å². The molecule has 62 heavy (non-hydrogen) atoms. The second-order valence-corrected chi connectivity index (χ2v) is 15.7. The van der Waals surface area contributed by atoms with Crippen LogP contribution in [0.25, 0.3) is 72.5 Å². The highest BCUT2D eigenvalue weighted by Crippen LogP contribution is 2.45. The third-order valence-corrected chi connectivity index (χ3v) is 11.7. The molecule has 3 heteroatoms. The smallest absolute Gasteiger partial charge is 0.0737 e. The molecule has 0 radical (unpaired) electrons. The lowest BCUT2D eigenvalue weighted by atomic mass is 9.86. The molecule has 2 N–H and O–H groups in total. The van der Waals surface area contributed by atoms with E-state index in [4.69, 9.17) is 4.99 Å². The molecule has 296 valence electrons. The molecule has 1 aromatic heterocycles. The van der Waals surface area contributed by atoms with Gasteiger partial charge in [0, 0.05) is 28.1 Å². The molecule has 0 saturated carbocycles. The molecule has 0 aliphatic carbocycles. The van der Waals surface area contributed by atoms with E-state index < -0.39 is 0 Å². The maximum absolute atomic E-state index is 10.8. The zero-order valence-electron chi connectivity index (χ0n) is 34.5. The Labute approximate surface area is 363 Å². The van der Waals surface area contributed by atoms with Crippen LogP contribution in [0.4, 0.5) is 0 Å². The number of aliphatic imine (C=N–C) groups is 1. The van der Waals surface area contributed by atoms with E-state index in [1.54, 1.807) is 0 Å². The van der Waals surface area contributed by atoms with Crippen LogP contribution in [0.15, 0.2) is 235 Å². The summed E-state index contributed by atoms with van der Waals surface area (Å²) in [7, 11) is 0. The minimum Gasteiger partial charge on any atom is -0.392 e. The molecule has 0 unspecified atom stereocenters. The van der Waals surface area contributed by atoms with Gasteiger partial charge in [0.1, 0.15) is 0 Å². The Bertz CT molecular complexity index is 3000. The van der Waals surface area contributed by atoms with E-state index in [2.05, 4.69) is 218 Å². The number of nitrogens with one attached hydrogen (secondary N) is 1. The van der Waals surface area contributed by atoms with Gasteiger partial charge in [0.25, 0.3) is 0 Å². The van der Waals surface area contributed by atoms with Gasteiger partial charge in [-0.3, -0.25) is 0 Å². The summed E-state index contributed by atoms with van der Waals surface area (Å²) in [5.74, 6) is 0. The zero-order valence-corrected chi connectivity index (χ0v) is 34.5. The van der Waals surface area contributed by atoms with Crippen molar-refractivity contribution in [3.05, 3.63) is 258 Å². The number of nitrogens with zero attached hydrogens (tertiary/aromatic N) is 1. The lowest BCUT2D eigenvalue weighted by Gasteiger charge is -2.18. The predicted octanol–water partition coefficient (Wildman–Crippen LogP) is 14.6. The van der Waals surface area contributed by atoms with Crippen LogP contribution >= 0.6 is 0 Å². The van der Waals surface area contributed by atoms with E-state index in [-0.39, 0.29) is 6.61 Å². The van der Waals surface area contributed by atoms with Crippen molar-refractivity contribution < 1.29 is 5.11 Å². The summed E-state index contributed by atoms with van der Waals surface area (Å²) in [6.07, 6.45) is 4.27. The van der Waals surface area contributed by atoms with Crippen LogP contribution in [0, 0.1) is 6.92 Å². The molecule has 1 aliphatic heterocycles. The summed E-state index contributed by atoms with van der Waals surface area (Å²) >= 11 is 0. The molecule has 0 fully saturated rings. The molecule has 2 heterocycles. The van der Waals surface area contributed by atoms with Crippen molar-refractivity contribution in [3.63, 3.8) is 0 Å². The molecule has 0 amide bonds. The monoisotopic (exact) mass is 796 g/mol. The first kappa shape index (κ1) is 38.4. The van der Waals surface area contributed by atoms with Gasteiger partial charge in [-0.15, -0.1) is 0 Å². The molecule has 0 bridgehead atoms. The van der Waals surface area contributed by atoms with Crippen molar-refractivity contribution >= 4 is 11.3 Å². The fourth-order valence-corrected chi connectivity index (χ4v) is 8.82. The largest absolute Gasteiger partial charge is 0.392 e. The average molecular weight is 797 g/mol. The van der Waals surface area contributed by atoms with Crippen molar-refractivity contribution in [2.75, 3.05) is 0 Å². The van der Waals surface area contributed by atoms with Crippen molar-refractivity contribution in [1.29, 1.82) is 0 Å². The minimum atomic E-state index is -0.105. The van der Waals surface area contributed by atoms with Crippen LogP contribution < -0.4 is 0 Å². The molecule has 10 rings (SSSR count). The maximum Gasteiger partial charge on any atom is 0.0737 e. The lowest BCUT2D eigenvalue weighted by molar-refractivity contribution is 0.281. The van der Waals surface area contributed by atoms with Gasteiger partial charge in [0.15, 0.2) is 0 Å². The highest BCUT2D eigenvalue weighted by Gasteiger charge is 2.24. The number of aliphatic hydroxyl groups is 1. The molecule has 0 atom stereocenters. The Hall–Kier alpha value is -7.85. The number of aliphatic hydroxyl groups excluding tert-OH is 1. The number of benzene rings is 8. The fraction of sp³-hybridized carbons (Fsp3) is 0.0339. The van der Waals surface area contributed by atoms with E-state index in [0.717, 1.165) is 106 Å². The van der Waals surface area contributed by atoms with Crippen LogP contribution in [-0.2, 0) is 6.61 Å². The lowest BCUT2D eigenvalue weighted by Crippen LogP contribution is -2.03. The second-order valence-electron chi connectivity index (χ2n) is 15.7. The van der Waals surface area contributed by atoms with Crippen molar-refractivity contribution in [2.45, 2.75) is 13.5 Å². The third-order valence-electron chi connectivity index (χ3n) is 11.7. The molecular weight excluding hydrogens is 753 g/mol. The first-order chi connectivity index (χ1) is 30.6. The summed E-state index contributed by atoms with van der Waals surface area (Å²) < 4.78 is 0. The SMILES string of the molecule is Cc1cc(-c2ccccc2)c(C2=N/C(=C(\c3ccc(-c4c(-c5ccccc5)cc(-c5ccccc5)cc4-c4ccccc4)[nH]3)c3ccccc3CO)C=C2)c(-c2ccccc2)c1. The van der Waals surface area contributed by atoms with Crippen LogP contribution in [0.3, 0.4) is 0 Å². The van der Waals surface area contributed by atoms with Gasteiger partial charge in [-0.05, 0) is 116 Å². The Kier molecular flexibility index (Phi) is 10.5. The number of aromatic amines is 1. The summed E-state index contributed by atoms with van der Waals surface area (Å²) in [6.45, 7) is 2.06. The number of allylic oxidation sites excluding steroid dienone is 2. The molecule has 8 aromatic carbocycles. The van der Waals surface area contributed by atoms with Crippen LogP contribution in [0.1, 0.15) is 27.9 Å². The highest BCUT2D eigenvalue weighted by molar-refractivity contribution is 6.19. The highest BCUT2D eigenvalue weighted by atomic mass is 16.3. The summed E-state index contributed by atoms with van der Waals surface area (Å²) in [4.78, 5) is 9.46. The predicted molar refractivity (Wildman–Crippen MR) is 259 cm³/mol. The topological polar surface area (TPSA) is 48.4 Å². The fourth-order valence-electron chi connectivity index (χ4n) is 8.82. The standard InChI is InChI=1S/C59H44N2O/c1-40-35-49(42-21-9-3-10-22-42)57(50(36-40)43-23-11-4-12-24-43)53-31-33-55(60-53)59(48-30-18-17-29-46(48)39-62)56-34-32-54(61-56)58-51(44-25-13-5-14-26-44)37-47(41-19-7-2-8-20-41)38-52(58)45-27-15-6-16-28-45/h2-38,61-62H,39H2,1H3/b59-55-. The van der Waals surface area contributed by atoms with Gasteiger partial charge >= 0.3 is 0 Å². The molecular formula is C59H44N2O. The van der Waals surface area contributed by atoms with Gasteiger partial charge in [-0.1, -0.05) is 188 Å². The minimum absolute atomic E-state index is 0.105. The van der Waals surface area contributed by atoms with Gasteiger partial charge in [0.05, 0.1) is 18.0 Å². The quantitative estimate of drug-likeness (QED) is 0.142. The molecule has 0 saturated heterocycles. The first-order valence-corrected chi connectivity index (χ1v) is 21.1. The van der Waals surface area contributed by atoms with Crippen molar-refractivity contribution in [1.82, 2.24) is 4.98 Å². The Morgan fingerprint density at radius 1 is 0.452 bits per heavy atom. The van der Waals surface area contributed by atoms with Gasteiger partial charge in [-0.2, -0.15) is 0 Å². The van der Waals surface area contributed by atoms with E-state index in [9.17, 15) is 5.11 Å². The summed E-state index contributed by atoms with van der Waals surface area (Å²) in [5, 5.41) is 10.8. The first-order valence-electron chi connectivity index (χ1n) is 21.1. The number of rotatable bonds is 10. The van der Waals surface area contributed by atoms with Crippen molar-refractivity contribution in [3.8, 4) is 66.9 Å². The normalized spacial score (nSPS) is 13.0. The van der Waals surface area contributed by atoms with E-state index in [0.29, 0.717) is 0 Å². The second kappa shape index (κ2) is 17.0. The number of H-pyrrole nitrogens is 1. The van der Waals surface area contributed by atoms with Gasteiger partial charge in [-0.25, -0.2) is 4.99 Å². The molecule has 9 aromatic rings. The van der Waals surface area contributed by atoms with E-state index in [1.807, 2.05) is 18.2 Å². The molecule has 0 spiro atoms. The molecule has 1 aliphatic rings. The Balaban J connectivity index is 1.21. The van der Waals surface area contributed by atoms with E-state index in [1.165, 1.54) is 5.56 Å².